The molecule has 3 saturated heterocycles. The first-order valence-electron chi connectivity index (χ1n) is 7.73. The third-order valence-electron chi connectivity index (χ3n) is 5.00. The number of nitrogens with zero attached hydrogens (tertiary/aromatic N) is 2. The van der Waals surface area contributed by atoms with Crippen LogP contribution in [0.15, 0.2) is 29.6 Å². The van der Waals surface area contributed by atoms with E-state index in [0.717, 1.165) is 13.0 Å². The van der Waals surface area contributed by atoms with Crippen LogP contribution >= 0.6 is 11.3 Å². The van der Waals surface area contributed by atoms with Crippen LogP contribution in [0.4, 0.5) is 0 Å². The fourth-order valence-electron chi connectivity index (χ4n) is 3.77. The Labute approximate surface area is 129 Å². The second-order valence-electron chi connectivity index (χ2n) is 6.14. The molecule has 2 aromatic rings. The maximum absolute atomic E-state index is 5.90. The second-order valence-corrected chi connectivity index (χ2v) is 7.05. The maximum Gasteiger partial charge on any atom is 0.0419 e. The molecule has 3 aliphatic rings. The van der Waals surface area contributed by atoms with Gasteiger partial charge in [-0.3, -0.25) is 21.1 Å². The molecule has 3 N–H and O–H groups in total. The van der Waals surface area contributed by atoms with Crippen molar-refractivity contribution in [3.05, 3.63) is 35.2 Å². The van der Waals surface area contributed by atoms with Crippen molar-refractivity contribution in [1.82, 2.24) is 15.2 Å². The number of benzene rings is 1. The molecule has 3 fully saturated rings. The van der Waals surface area contributed by atoms with Gasteiger partial charge in [-0.2, -0.15) is 0 Å². The molecule has 4 heterocycles. The van der Waals surface area contributed by atoms with Gasteiger partial charge in [0.1, 0.15) is 0 Å². The first-order chi connectivity index (χ1) is 10.3. The van der Waals surface area contributed by atoms with Crippen molar-refractivity contribution < 1.29 is 0 Å². The van der Waals surface area contributed by atoms with E-state index in [2.05, 4.69) is 44.9 Å². The fraction of sp³-hybridized carbons (Fsp3) is 0.500. The Bertz CT molecular complexity index is 618. The maximum atomic E-state index is 5.90. The van der Waals surface area contributed by atoms with E-state index in [0.29, 0.717) is 12.1 Å². The van der Waals surface area contributed by atoms with Crippen molar-refractivity contribution in [2.24, 2.45) is 5.84 Å². The van der Waals surface area contributed by atoms with Gasteiger partial charge in [-0.1, -0.05) is 18.2 Å². The molecule has 4 nitrogen and oxygen atoms in total. The smallest absolute Gasteiger partial charge is 0.0419 e. The van der Waals surface area contributed by atoms with Gasteiger partial charge in [0.15, 0.2) is 0 Å². The molecule has 0 aliphatic carbocycles. The molecule has 112 valence electrons. The summed E-state index contributed by atoms with van der Waals surface area (Å²) in [5, 5.41) is 3.69. The van der Waals surface area contributed by atoms with Crippen LogP contribution in [0.2, 0.25) is 0 Å². The predicted octanol–water partition coefficient (Wildman–Crippen LogP) is 1.28. The lowest BCUT2D eigenvalue weighted by molar-refractivity contribution is -0.00309. The number of fused-ring (bicyclic) bond motifs is 4. The predicted molar refractivity (Wildman–Crippen MR) is 88.4 cm³/mol. The number of nitrogens with two attached hydrogens (primary N) is 1. The zero-order valence-corrected chi connectivity index (χ0v) is 13.0. The van der Waals surface area contributed by atoms with Crippen LogP contribution in [0, 0.1) is 0 Å². The van der Waals surface area contributed by atoms with E-state index in [9.17, 15) is 0 Å². The summed E-state index contributed by atoms with van der Waals surface area (Å²) < 4.78 is 1.37. The minimum Gasteiger partial charge on any atom is -0.299 e. The summed E-state index contributed by atoms with van der Waals surface area (Å²) in [5.74, 6) is 5.90. The third-order valence-corrected chi connectivity index (χ3v) is 6.01. The zero-order valence-electron chi connectivity index (χ0n) is 12.2. The van der Waals surface area contributed by atoms with Crippen LogP contribution in [-0.2, 0) is 6.42 Å². The molecule has 0 amide bonds. The summed E-state index contributed by atoms with van der Waals surface area (Å²) in [7, 11) is 0. The normalized spacial score (nSPS) is 29.9. The highest BCUT2D eigenvalue weighted by Crippen LogP contribution is 2.28. The number of thiophene rings is 1. The molecule has 2 atom stereocenters. The van der Waals surface area contributed by atoms with Crippen molar-refractivity contribution in [3.63, 3.8) is 0 Å². The van der Waals surface area contributed by atoms with Gasteiger partial charge in [-0.25, -0.2) is 0 Å². The highest BCUT2D eigenvalue weighted by atomic mass is 32.1. The molecule has 21 heavy (non-hydrogen) atoms. The van der Waals surface area contributed by atoms with Gasteiger partial charge in [0.2, 0.25) is 0 Å². The Morgan fingerprint density at radius 1 is 1.24 bits per heavy atom. The van der Waals surface area contributed by atoms with Gasteiger partial charge in [-0.15, -0.1) is 11.3 Å². The van der Waals surface area contributed by atoms with Gasteiger partial charge in [0, 0.05) is 49.5 Å². The summed E-state index contributed by atoms with van der Waals surface area (Å²) in [5.41, 5.74) is 4.52. The number of piperazine rings is 3. The molecule has 5 rings (SSSR count). The lowest BCUT2D eigenvalue weighted by Crippen LogP contribution is -2.67. The summed E-state index contributed by atoms with van der Waals surface area (Å²) in [6.07, 6.45) is 1.01. The first-order valence-corrected chi connectivity index (χ1v) is 8.61. The zero-order chi connectivity index (χ0) is 14.2. The topological polar surface area (TPSA) is 44.5 Å². The van der Waals surface area contributed by atoms with Crippen molar-refractivity contribution in [2.45, 2.75) is 18.5 Å². The molecule has 5 heteroatoms. The van der Waals surface area contributed by atoms with E-state index in [4.69, 9.17) is 5.84 Å². The Hall–Kier alpha value is -0.980. The van der Waals surface area contributed by atoms with Crippen LogP contribution < -0.4 is 11.3 Å². The lowest BCUT2D eigenvalue weighted by Gasteiger charge is -2.50. The highest BCUT2D eigenvalue weighted by Gasteiger charge is 2.36. The van der Waals surface area contributed by atoms with Crippen LogP contribution in [-0.4, -0.2) is 54.6 Å². The summed E-state index contributed by atoms with van der Waals surface area (Å²) in [6, 6.07) is 9.53. The average Bonchev–Trinajstić information content (AvgIpc) is 2.97. The van der Waals surface area contributed by atoms with Crippen LogP contribution in [0.25, 0.3) is 10.1 Å². The quantitative estimate of drug-likeness (QED) is 0.659. The molecule has 1 aromatic heterocycles. The number of hydrogen-bond acceptors (Lipinski definition) is 5. The fourth-order valence-corrected chi connectivity index (χ4v) is 4.75. The minimum atomic E-state index is 0.325. The molecule has 3 aliphatic heterocycles. The minimum absolute atomic E-state index is 0.325. The molecule has 0 saturated carbocycles. The van der Waals surface area contributed by atoms with E-state index in [1.165, 1.54) is 41.8 Å². The highest BCUT2D eigenvalue weighted by molar-refractivity contribution is 7.17. The Balaban J connectivity index is 1.56. The summed E-state index contributed by atoms with van der Waals surface area (Å²) in [4.78, 5) is 5.18. The van der Waals surface area contributed by atoms with Crippen molar-refractivity contribution >= 4 is 21.4 Å². The third kappa shape index (κ3) is 2.49. The Morgan fingerprint density at radius 3 is 2.76 bits per heavy atom. The van der Waals surface area contributed by atoms with Crippen molar-refractivity contribution in [2.75, 3.05) is 32.7 Å². The number of hydrogen-bond donors (Lipinski definition) is 2. The Kier molecular flexibility index (Phi) is 3.69. The molecule has 2 unspecified atom stereocenters. The van der Waals surface area contributed by atoms with E-state index < -0.39 is 0 Å². The van der Waals surface area contributed by atoms with Gasteiger partial charge in [0.25, 0.3) is 0 Å². The SMILES string of the molecule is NNC(Cc1csc2ccccc12)C1CN2CCN1CC2. The molecule has 2 bridgehead atoms. The number of hydrazine groups is 1. The monoisotopic (exact) mass is 302 g/mol. The van der Waals surface area contributed by atoms with Crippen molar-refractivity contribution in [1.29, 1.82) is 0 Å². The average molecular weight is 302 g/mol. The van der Waals surface area contributed by atoms with Gasteiger partial charge < -0.3 is 0 Å². The van der Waals surface area contributed by atoms with E-state index in [1.54, 1.807) is 0 Å². The second kappa shape index (κ2) is 5.66. The Morgan fingerprint density at radius 2 is 2.05 bits per heavy atom. The lowest BCUT2D eigenvalue weighted by atomic mass is 9.94. The van der Waals surface area contributed by atoms with E-state index in [1.807, 2.05) is 11.3 Å². The summed E-state index contributed by atoms with van der Waals surface area (Å²) >= 11 is 1.84. The van der Waals surface area contributed by atoms with Crippen LogP contribution in [0.1, 0.15) is 5.56 Å². The molecule has 0 radical (unpaired) electrons. The largest absolute Gasteiger partial charge is 0.299 e. The molecule has 1 aromatic carbocycles. The van der Waals surface area contributed by atoms with Gasteiger partial charge in [0.05, 0.1) is 0 Å². The van der Waals surface area contributed by atoms with Gasteiger partial charge >= 0.3 is 0 Å². The number of rotatable bonds is 4. The standard InChI is InChI=1S/C16H22N4S/c17-18-14(15-10-19-5-7-20(15)8-6-19)9-12-11-21-16-4-2-1-3-13(12)16/h1-4,11,14-15,18H,5-10,17H2. The first kappa shape index (κ1) is 13.7. The van der Waals surface area contributed by atoms with Crippen LogP contribution in [0.3, 0.4) is 0 Å². The molecular weight excluding hydrogens is 280 g/mol. The van der Waals surface area contributed by atoms with E-state index in [-0.39, 0.29) is 0 Å². The van der Waals surface area contributed by atoms with E-state index >= 15 is 0 Å². The van der Waals surface area contributed by atoms with Crippen molar-refractivity contribution in [3.8, 4) is 0 Å². The molecular formula is C16H22N4S. The summed E-state index contributed by atoms with van der Waals surface area (Å²) in [6.45, 7) is 5.96. The molecule has 0 spiro atoms. The number of nitrogens with one attached hydrogen (secondary N) is 1. The van der Waals surface area contributed by atoms with Crippen LogP contribution in [0.5, 0.6) is 0 Å². The van der Waals surface area contributed by atoms with Gasteiger partial charge in [-0.05, 0) is 28.8 Å².